The minimum Gasteiger partial charge on any atom is -0.494 e. The Morgan fingerprint density at radius 1 is 0.968 bits per heavy atom. The number of carbonyl (C=O) groups excluding carboxylic acids is 1. The van der Waals surface area contributed by atoms with Crippen molar-refractivity contribution in [3.05, 3.63) is 60.4 Å². The third-order valence-electron chi connectivity index (χ3n) is 4.24. The van der Waals surface area contributed by atoms with E-state index in [1.54, 1.807) is 24.3 Å². The van der Waals surface area contributed by atoms with Crippen LogP contribution in [0.4, 0.5) is 28.7 Å². The van der Waals surface area contributed by atoms with E-state index in [1.807, 2.05) is 45.0 Å². The molecule has 0 spiro atoms. The summed E-state index contributed by atoms with van der Waals surface area (Å²) in [5.41, 5.74) is 8.67. The van der Waals surface area contributed by atoms with Crippen LogP contribution in [0.5, 0.6) is 5.75 Å². The standard InChI is InChI=1S/C23H27N5O3/c1-4-30-19-11-9-18(10-12-19)28-22-20(24)21(25-14-26-22)27-17-7-5-16(6-8-17)23(29)31-13-15(2)3/h5-12,14-15H,4,13,24H2,1-3H3,(H2,25,26,27,28). The van der Waals surface area contributed by atoms with Crippen LogP contribution in [0.3, 0.4) is 0 Å². The second-order valence-corrected chi connectivity index (χ2v) is 7.26. The Kier molecular flexibility index (Phi) is 7.26. The predicted octanol–water partition coefficient (Wildman–Crippen LogP) is 4.76. The molecule has 2 aromatic carbocycles. The average Bonchev–Trinajstić information content (AvgIpc) is 2.77. The van der Waals surface area contributed by atoms with Crippen molar-refractivity contribution in [1.82, 2.24) is 9.97 Å². The Morgan fingerprint density at radius 2 is 1.52 bits per heavy atom. The maximum absolute atomic E-state index is 12.0. The zero-order valence-electron chi connectivity index (χ0n) is 17.9. The first kappa shape index (κ1) is 21.9. The highest BCUT2D eigenvalue weighted by Gasteiger charge is 2.11. The van der Waals surface area contributed by atoms with Crippen molar-refractivity contribution in [2.24, 2.45) is 5.92 Å². The predicted molar refractivity (Wildman–Crippen MR) is 122 cm³/mol. The van der Waals surface area contributed by atoms with Gasteiger partial charge in [0, 0.05) is 11.4 Å². The summed E-state index contributed by atoms with van der Waals surface area (Å²) >= 11 is 0. The van der Waals surface area contributed by atoms with Crippen molar-refractivity contribution in [3.8, 4) is 5.75 Å². The van der Waals surface area contributed by atoms with Crippen molar-refractivity contribution in [3.63, 3.8) is 0 Å². The monoisotopic (exact) mass is 421 g/mol. The fourth-order valence-electron chi connectivity index (χ4n) is 2.68. The number of anilines is 5. The fourth-order valence-corrected chi connectivity index (χ4v) is 2.68. The maximum Gasteiger partial charge on any atom is 0.338 e. The second-order valence-electron chi connectivity index (χ2n) is 7.26. The number of carbonyl (C=O) groups is 1. The smallest absolute Gasteiger partial charge is 0.338 e. The zero-order valence-corrected chi connectivity index (χ0v) is 17.9. The van der Waals surface area contributed by atoms with Gasteiger partial charge in [0.05, 0.1) is 18.8 Å². The molecule has 4 N–H and O–H groups in total. The van der Waals surface area contributed by atoms with Gasteiger partial charge in [-0.05, 0) is 61.4 Å². The van der Waals surface area contributed by atoms with Gasteiger partial charge in [-0.1, -0.05) is 13.8 Å². The molecule has 31 heavy (non-hydrogen) atoms. The lowest BCUT2D eigenvalue weighted by Gasteiger charge is -2.13. The van der Waals surface area contributed by atoms with E-state index in [9.17, 15) is 4.79 Å². The normalized spacial score (nSPS) is 10.6. The number of aromatic nitrogens is 2. The lowest BCUT2D eigenvalue weighted by Crippen LogP contribution is -2.10. The molecular weight excluding hydrogens is 394 g/mol. The molecule has 8 nitrogen and oxygen atoms in total. The highest BCUT2D eigenvalue weighted by atomic mass is 16.5. The molecule has 0 unspecified atom stereocenters. The summed E-state index contributed by atoms with van der Waals surface area (Å²) in [6.07, 6.45) is 1.42. The average molecular weight is 422 g/mol. The van der Waals surface area contributed by atoms with Gasteiger partial charge in [0.25, 0.3) is 0 Å². The Labute approximate surface area is 181 Å². The molecule has 0 amide bonds. The van der Waals surface area contributed by atoms with E-state index in [1.165, 1.54) is 6.33 Å². The number of nitrogens with zero attached hydrogens (tertiary/aromatic N) is 2. The summed E-state index contributed by atoms with van der Waals surface area (Å²) in [5, 5.41) is 6.33. The molecule has 0 fully saturated rings. The largest absolute Gasteiger partial charge is 0.494 e. The minimum absolute atomic E-state index is 0.288. The van der Waals surface area contributed by atoms with E-state index in [0.29, 0.717) is 36.1 Å². The molecule has 1 heterocycles. The van der Waals surface area contributed by atoms with Gasteiger partial charge in [0.15, 0.2) is 11.6 Å². The van der Waals surface area contributed by atoms with Gasteiger partial charge in [0.2, 0.25) is 0 Å². The van der Waals surface area contributed by atoms with Crippen molar-refractivity contribution in [2.45, 2.75) is 20.8 Å². The van der Waals surface area contributed by atoms with Crippen LogP contribution in [0.1, 0.15) is 31.1 Å². The lowest BCUT2D eigenvalue weighted by molar-refractivity contribution is 0.0459. The molecule has 0 saturated heterocycles. The number of esters is 1. The molecule has 1 aromatic heterocycles. The number of nitrogens with two attached hydrogens (primary N) is 1. The highest BCUT2D eigenvalue weighted by molar-refractivity contribution is 5.90. The van der Waals surface area contributed by atoms with Crippen LogP contribution in [0.15, 0.2) is 54.9 Å². The summed E-state index contributed by atoms with van der Waals surface area (Å²) < 4.78 is 10.7. The van der Waals surface area contributed by atoms with E-state index in [4.69, 9.17) is 15.2 Å². The van der Waals surface area contributed by atoms with E-state index < -0.39 is 0 Å². The third-order valence-corrected chi connectivity index (χ3v) is 4.24. The minimum atomic E-state index is -0.344. The zero-order chi connectivity index (χ0) is 22.2. The van der Waals surface area contributed by atoms with E-state index in [0.717, 1.165) is 17.1 Å². The number of benzene rings is 2. The summed E-state index contributed by atoms with van der Waals surface area (Å²) in [5.74, 6) is 1.68. The Morgan fingerprint density at radius 3 is 2.03 bits per heavy atom. The molecule has 0 atom stereocenters. The molecule has 162 valence electrons. The van der Waals surface area contributed by atoms with E-state index >= 15 is 0 Å². The van der Waals surface area contributed by atoms with Crippen LogP contribution in [-0.4, -0.2) is 29.2 Å². The SMILES string of the molecule is CCOc1ccc(Nc2ncnc(Nc3ccc(C(=O)OCC(C)C)cc3)c2N)cc1. The third kappa shape index (κ3) is 6.08. The Hall–Kier alpha value is -3.81. The van der Waals surface area contributed by atoms with Crippen molar-refractivity contribution < 1.29 is 14.3 Å². The Balaban J connectivity index is 1.68. The summed E-state index contributed by atoms with van der Waals surface area (Å²) in [7, 11) is 0. The molecule has 0 bridgehead atoms. The molecular formula is C23H27N5O3. The first-order valence-corrected chi connectivity index (χ1v) is 10.1. The van der Waals surface area contributed by atoms with Gasteiger partial charge >= 0.3 is 5.97 Å². The fraction of sp³-hybridized carbons (Fsp3) is 0.261. The van der Waals surface area contributed by atoms with Gasteiger partial charge < -0.3 is 25.8 Å². The Bertz CT molecular complexity index is 1000. The van der Waals surface area contributed by atoms with Crippen LogP contribution in [0.2, 0.25) is 0 Å². The van der Waals surface area contributed by atoms with E-state index in [2.05, 4.69) is 20.6 Å². The topological polar surface area (TPSA) is 111 Å². The number of hydrogen-bond donors (Lipinski definition) is 3. The van der Waals surface area contributed by atoms with Gasteiger partial charge in [-0.3, -0.25) is 0 Å². The van der Waals surface area contributed by atoms with Gasteiger partial charge in [-0.25, -0.2) is 14.8 Å². The van der Waals surface area contributed by atoms with Gasteiger partial charge in [-0.2, -0.15) is 0 Å². The summed E-state index contributed by atoms with van der Waals surface area (Å²) in [4.78, 5) is 20.5. The van der Waals surface area contributed by atoms with Crippen molar-refractivity contribution in [1.29, 1.82) is 0 Å². The second kappa shape index (κ2) is 10.3. The molecule has 8 heteroatoms. The molecule has 3 rings (SSSR count). The van der Waals surface area contributed by atoms with Crippen LogP contribution in [0, 0.1) is 5.92 Å². The van der Waals surface area contributed by atoms with Crippen molar-refractivity contribution >= 4 is 34.7 Å². The number of nitrogens with one attached hydrogen (secondary N) is 2. The first-order valence-electron chi connectivity index (χ1n) is 10.1. The van der Waals surface area contributed by atoms with E-state index in [-0.39, 0.29) is 11.9 Å². The molecule has 0 aliphatic heterocycles. The van der Waals surface area contributed by atoms with Crippen LogP contribution in [-0.2, 0) is 4.74 Å². The quantitative estimate of drug-likeness (QED) is 0.424. The highest BCUT2D eigenvalue weighted by Crippen LogP contribution is 2.28. The number of hydrogen-bond acceptors (Lipinski definition) is 8. The molecule has 0 aliphatic carbocycles. The molecule has 0 saturated carbocycles. The molecule has 0 aliphatic rings. The number of rotatable bonds is 9. The van der Waals surface area contributed by atoms with Crippen molar-refractivity contribution in [2.75, 3.05) is 29.6 Å². The van der Waals surface area contributed by atoms with Gasteiger partial charge in [-0.15, -0.1) is 0 Å². The maximum atomic E-state index is 12.0. The lowest BCUT2D eigenvalue weighted by atomic mass is 10.2. The molecule has 3 aromatic rings. The van der Waals surface area contributed by atoms with Crippen LogP contribution in [0.25, 0.3) is 0 Å². The number of ether oxygens (including phenoxy) is 2. The summed E-state index contributed by atoms with van der Waals surface area (Å²) in [6, 6.07) is 14.4. The first-order chi connectivity index (χ1) is 15.0. The van der Waals surface area contributed by atoms with Gasteiger partial charge in [0.1, 0.15) is 17.8 Å². The molecule has 0 radical (unpaired) electrons. The van der Waals surface area contributed by atoms with Crippen LogP contribution < -0.4 is 21.1 Å². The summed E-state index contributed by atoms with van der Waals surface area (Å²) in [6.45, 7) is 6.92. The van der Waals surface area contributed by atoms with Crippen LogP contribution >= 0.6 is 0 Å². The number of nitrogen functional groups attached to an aromatic ring is 1.